The van der Waals surface area contributed by atoms with E-state index in [2.05, 4.69) is 67.8 Å². The molecule has 0 radical (unpaired) electrons. The van der Waals surface area contributed by atoms with Crippen molar-refractivity contribution >= 4 is 13.7 Å². The molecule has 4 atom stereocenters. The SMILES string of the molecule is CCCCC/C=C/CC/C=C/CCCC(O)C(O)C(COP(=O)(O)OCC[N+](C)(C)C)NC(=O)CCCCCCCCCCCCCCCCCCCCCCC/C=C\C/C=C\CCCCCCC. The van der Waals surface area contributed by atoms with Gasteiger partial charge in [-0.25, -0.2) is 4.57 Å². The van der Waals surface area contributed by atoms with Crippen molar-refractivity contribution in [2.45, 2.75) is 283 Å². The van der Waals surface area contributed by atoms with Gasteiger partial charge in [0.25, 0.3) is 0 Å². The highest BCUT2D eigenvalue weighted by Crippen LogP contribution is 2.43. The van der Waals surface area contributed by atoms with Crippen LogP contribution in [0.25, 0.3) is 0 Å². The van der Waals surface area contributed by atoms with Gasteiger partial charge in [0, 0.05) is 6.42 Å². The van der Waals surface area contributed by atoms with E-state index in [0.29, 0.717) is 23.9 Å². The fraction of sp³-hybridized carbons (Fsp3) is 0.847. The van der Waals surface area contributed by atoms with Gasteiger partial charge < -0.3 is 24.9 Å². The Morgan fingerprint density at radius 2 is 0.870 bits per heavy atom. The Balaban J connectivity index is 4.07. The maximum absolute atomic E-state index is 13.0. The van der Waals surface area contributed by atoms with Crippen LogP contribution in [0.4, 0.5) is 0 Å². The van der Waals surface area contributed by atoms with E-state index in [-0.39, 0.29) is 18.9 Å². The van der Waals surface area contributed by atoms with E-state index in [1.54, 1.807) is 0 Å². The molecule has 10 heteroatoms. The minimum atomic E-state index is -4.43. The van der Waals surface area contributed by atoms with E-state index in [0.717, 1.165) is 51.4 Å². The first-order chi connectivity index (χ1) is 33.4. The van der Waals surface area contributed by atoms with Crippen LogP contribution in [-0.2, 0) is 18.4 Å². The number of allylic oxidation sites excluding steroid dienone is 8. The van der Waals surface area contributed by atoms with E-state index in [9.17, 15) is 24.5 Å². The summed E-state index contributed by atoms with van der Waals surface area (Å²) in [5.74, 6) is -0.270. The molecule has 0 saturated carbocycles. The van der Waals surface area contributed by atoms with Crippen LogP contribution < -0.4 is 5.32 Å². The normalized spacial score (nSPS) is 14.7. The summed E-state index contributed by atoms with van der Waals surface area (Å²) in [6.07, 6.45) is 62.2. The molecule has 0 heterocycles. The number of carbonyl (C=O) groups excluding carboxylic acids is 1. The predicted octanol–water partition coefficient (Wildman–Crippen LogP) is 16.5. The predicted molar refractivity (Wildman–Crippen MR) is 297 cm³/mol. The molecule has 69 heavy (non-hydrogen) atoms. The Kier molecular flexibility index (Phi) is 48.8. The zero-order valence-corrected chi connectivity index (χ0v) is 46.8. The van der Waals surface area contributed by atoms with Crippen molar-refractivity contribution in [1.29, 1.82) is 0 Å². The van der Waals surface area contributed by atoms with Crippen molar-refractivity contribution < 1.29 is 38.0 Å². The molecule has 0 aliphatic carbocycles. The summed E-state index contributed by atoms with van der Waals surface area (Å²) >= 11 is 0. The number of rotatable bonds is 53. The highest BCUT2D eigenvalue weighted by atomic mass is 31.2. The Labute approximate surface area is 427 Å². The summed E-state index contributed by atoms with van der Waals surface area (Å²) < 4.78 is 23.6. The van der Waals surface area contributed by atoms with Gasteiger partial charge in [-0.15, -0.1) is 0 Å². The minimum Gasteiger partial charge on any atom is -0.390 e. The summed E-state index contributed by atoms with van der Waals surface area (Å²) in [5.41, 5.74) is 0. The molecule has 0 fully saturated rings. The summed E-state index contributed by atoms with van der Waals surface area (Å²) in [6.45, 7) is 4.55. The van der Waals surface area contributed by atoms with Crippen molar-refractivity contribution in [2.75, 3.05) is 40.9 Å². The van der Waals surface area contributed by atoms with Gasteiger partial charge in [0.15, 0.2) is 0 Å². The van der Waals surface area contributed by atoms with Crippen LogP contribution in [0.15, 0.2) is 48.6 Å². The topological polar surface area (TPSA) is 125 Å². The van der Waals surface area contributed by atoms with Crippen LogP contribution in [0.2, 0.25) is 0 Å². The number of amides is 1. The highest BCUT2D eigenvalue weighted by Gasteiger charge is 2.31. The molecule has 0 bridgehead atoms. The molecule has 0 aliphatic heterocycles. The second kappa shape index (κ2) is 50.0. The first-order valence-electron chi connectivity index (χ1n) is 29.1. The number of aliphatic hydroxyl groups is 2. The van der Waals surface area contributed by atoms with Crippen LogP contribution in [0.5, 0.6) is 0 Å². The average Bonchev–Trinajstić information content (AvgIpc) is 3.31. The van der Waals surface area contributed by atoms with Crippen molar-refractivity contribution in [2.24, 2.45) is 0 Å². The molecule has 0 saturated heterocycles. The summed E-state index contributed by atoms with van der Waals surface area (Å²) in [5, 5.41) is 24.7. The van der Waals surface area contributed by atoms with Gasteiger partial charge in [-0.2, -0.15) is 0 Å². The van der Waals surface area contributed by atoms with E-state index in [1.807, 2.05) is 21.1 Å². The fourth-order valence-electron chi connectivity index (χ4n) is 8.49. The van der Waals surface area contributed by atoms with Gasteiger partial charge in [0.05, 0.1) is 39.9 Å². The molecule has 0 aromatic carbocycles. The van der Waals surface area contributed by atoms with E-state index >= 15 is 0 Å². The lowest BCUT2D eigenvalue weighted by atomic mass is 10.0. The molecule has 0 aromatic rings. The number of aliphatic hydroxyl groups excluding tert-OH is 2. The van der Waals surface area contributed by atoms with Crippen molar-refractivity contribution in [3.05, 3.63) is 48.6 Å². The standard InChI is InChI=1S/C59H113N2O7P/c1-6-8-10-12-14-16-18-20-21-22-23-24-25-26-27-28-29-30-31-32-33-34-35-36-37-38-39-40-42-44-46-48-50-52-58(63)60-56(55-68-69(65,66)67-54-53-61(3,4)5)59(64)57(62)51-49-47-45-43-41-19-17-15-13-11-9-7-2/h15,17-18,20,22-23,43,45,56-57,59,62,64H,6-14,16,19,21,24-42,44,46-55H2,1-5H3,(H-,60,63,65,66)/p+1/b17-15+,20-18-,23-22-,45-43+. The number of unbranched alkanes of at least 4 members (excludes halogenated alkanes) is 31. The molecule has 0 spiro atoms. The van der Waals surface area contributed by atoms with E-state index < -0.39 is 32.7 Å². The van der Waals surface area contributed by atoms with Crippen LogP contribution in [0, 0.1) is 0 Å². The number of hydrogen-bond acceptors (Lipinski definition) is 6. The quantitative estimate of drug-likeness (QED) is 0.0207. The molecule has 0 rings (SSSR count). The molecule has 1 amide bonds. The third kappa shape index (κ3) is 51.1. The molecule has 9 nitrogen and oxygen atoms in total. The van der Waals surface area contributed by atoms with Crippen molar-refractivity contribution in [3.63, 3.8) is 0 Å². The maximum atomic E-state index is 13.0. The number of phosphoric acid groups is 1. The third-order valence-electron chi connectivity index (χ3n) is 13.1. The van der Waals surface area contributed by atoms with E-state index in [4.69, 9.17) is 9.05 Å². The third-order valence-corrected chi connectivity index (χ3v) is 14.1. The number of likely N-dealkylation sites (N-methyl/N-ethyl adjacent to an activating group) is 1. The van der Waals surface area contributed by atoms with Gasteiger partial charge in [0.1, 0.15) is 19.3 Å². The Morgan fingerprint density at radius 3 is 1.32 bits per heavy atom. The van der Waals surface area contributed by atoms with Crippen molar-refractivity contribution in [1.82, 2.24) is 5.32 Å². The number of carbonyl (C=O) groups is 1. The lowest BCUT2D eigenvalue weighted by molar-refractivity contribution is -0.870. The highest BCUT2D eigenvalue weighted by molar-refractivity contribution is 7.47. The summed E-state index contributed by atoms with van der Waals surface area (Å²) in [7, 11) is 1.41. The summed E-state index contributed by atoms with van der Waals surface area (Å²) in [4.78, 5) is 23.3. The van der Waals surface area contributed by atoms with Gasteiger partial charge in [-0.3, -0.25) is 13.8 Å². The molecular formula is C59H114N2O7P+. The first kappa shape index (κ1) is 67.4. The molecule has 4 unspecified atom stereocenters. The number of nitrogens with one attached hydrogen (secondary N) is 1. The van der Waals surface area contributed by atoms with Crippen molar-refractivity contribution in [3.8, 4) is 0 Å². The molecule has 406 valence electrons. The zero-order valence-electron chi connectivity index (χ0n) is 45.9. The molecule has 0 aromatic heterocycles. The zero-order chi connectivity index (χ0) is 50.8. The largest absolute Gasteiger partial charge is 0.472 e. The molecular weight excluding hydrogens is 880 g/mol. The van der Waals surface area contributed by atoms with Crippen LogP contribution >= 0.6 is 7.82 Å². The molecule has 0 aliphatic rings. The Morgan fingerprint density at radius 1 is 0.507 bits per heavy atom. The smallest absolute Gasteiger partial charge is 0.390 e. The fourth-order valence-corrected chi connectivity index (χ4v) is 9.22. The summed E-state index contributed by atoms with van der Waals surface area (Å²) in [6, 6.07) is -1.06. The molecule has 4 N–H and O–H groups in total. The Bertz CT molecular complexity index is 1280. The van der Waals surface area contributed by atoms with Gasteiger partial charge >= 0.3 is 7.82 Å². The number of phosphoric ester groups is 1. The Hall–Kier alpha value is -1.58. The average molecular weight is 995 g/mol. The number of quaternary nitrogens is 1. The van der Waals surface area contributed by atoms with Crippen LogP contribution in [0.1, 0.15) is 264 Å². The number of hydrogen-bond donors (Lipinski definition) is 4. The van der Waals surface area contributed by atoms with Gasteiger partial charge in [0.2, 0.25) is 5.91 Å². The lowest BCUT2D eigenvalue weighted by Gasteiger charge is -2.28. The first-order valence-corrected chi connectivity index (χ1v) is 30.6. The van der Waals surface area contributed by atoms with Crippen LogP contribution in [0.3, 0.4) is 0 Å². The van der Waals surface area contributed by atoms with E-state index in [1.165, 1.54) is 180 Å². The second-order valence-corrected chi connectivity index (χ2v) is 22.6. The van der Waals surface area contributed by atoms with Gasteiger partial charge in [-0.1, -0.05) is 223 Å². The maximum Gasteiger partial charge on any atom is 0.472 e. The number of nitrogens with zero attached hydrogens (tertiary/aromatic N) is 1. The van der Waals surface area contributed by atoms with Gasteiger partial charge in [-0.05, 0) is 83.5 Å². The second-order valence-electron chi connectivity index (χ2n) is 21.1. The minimum absolute atomic E-state index is 0.0141. The monoisotopic (exact) mass is 994 g/mol. The lowest BCUT2D eigenvalue weighted by Crippen LogP contribution is -2.51. The van der Waals surface area contributed by atoms with Crippen LogP contribution in [-0.4, -0.2) is 84.6 Å².